The van der Waals surface area contributed by atoms with Crippen molar-refractivity contribution in [2.45, 2.75) is 32.2 Å². The molecule has 1 aromatic carbocycles. The number of nitrogens with zero attached hydrogens (tertiary/aromatic N) is 3. The molecule has 1 N–H and O–H groups in total. The van der Waals surface area contributed by atoms with Crippen molar-refractivity contribution >= 4 is 23.0 Å². The normalized spacial score (nSPS) is 20.6. The molecule has 3 rings (SSSR count). The lowest BCUT2D eigenvalue weighted by molar-refractivity contribution is 0.314. The van der Waals surface area contributed by atoms with Crippen LogP contribution in [-0.4, -0.2) is 21.1 Å². The molecule has 0 unspecified atom stereocenters. The Morgan fingerprint density at radius 2 is 2.00 bits per heavy atom. The van der Waals surface area contributed by atoms with E-state index in [1.54, 1.807) is 0 Å². The Morgan fingerprint density at radius 3 is 2.72 bits per heavy atom. The molecule has 4 nitrogen and oxygen atoms in total. The van der Waals surface area contributed by atoms with Crippen molar-refractivity contribution in [3.63, 3.8) is 0 Å². The monoisotopic (exact) mass is 352 g/mol. The minimum Gasteiger partial charge on any atom is -0.353 e. The number of benzene rings is 1. The van der Waals surface area contributed by atoms with Crippen LogP contribution in [0.15, 0.2) is 42.6 Å². The van der Waals surface area contributed by atoms with E-state index in [1.165, 1.54) is 12.1 Å². The van der Waals surface area contributed by atoms with Crippen LogP contribution in [0.4, 0.5) is 5.69 Å². The maximum atomic E-state index is 9.31. The first-order valence-corrected chi connectivity index (χ1v) is 9.19. The molecule has 0 aliphatic carbocycles. The molecular formula is C20H24N4S. The van der Waals surface area contributed by atoms with Crippen LogP contribution in [-0.2, 0) is 7.05 Å². The van der Waals surface area contributed by atoms with Gasteiger partial charge in [0.15, 0.2) is 5.11 Å². The van der Waals surface area contributed by atoms with Gasteiger partial charge in [-0.05, 0) is 61.7 Å². The number of rotatable bonds is 2. The van der Waals surface area contributed by atoms with E-state index in [2.05, 4.69) is 53.2 Å². The quantitative estimate of drug-likeness (QED) is 0.811. The predicted octanol–water partition coefficient (Wildman–Crippen LogP) is 4.46. The van der Waals surface area contributed by atoms with Gasteiger partial charge in [-0.3, -0.25) is 0 Å². The Balaban J connectivity index is 1.87. The lowest BCUT2D eigenvalue weighted by Gasteiger charge is -2.33. The van der Waals surface area contributed by atoms with Gasteiger partial charge in [-0.25, -0.2) is 0 Å². The van der Waals surface area contributed by atoms with Crippen LogP contribution < -0.4 is 5.32 Å². The van der Waals surface area contributed by atoms with Crippen LogP contribution in [0.3, 0.4) is 0 Å². The molecule has 2 aromatic rings. The maximum Gasteiger partial charge on any atom is 0.174 e. The molecule has 130 valence electrons. The van der Waals surface area contributed by atoms with Crippen molar-refractivity contribution in [2.75, 3.05) is 11.9 Å². The first kappa shape index (κ1) is 17.5. The number of thiocarbonyl (C=S) groups is 1. The molecule has 1 fully saturated rings. The number of hydrogen-bond acceptors (Lipinski definition) is 2. The zero-order valence-electron chi connectivity index (χ0n) is 14.8. The van der Waals surface area contributed by atoms with Crippen molar-refractivity contribution in [1.29, 1.82) is 5.26 Å². The maximum absolute atomic E-state index is 9.31. The molecule has 0 amide bonds. The van der Waals surface area contributed by atoms with E-state index in [9.17, 15) is 5.26 Å². The molecule has 25 heavy (non-hydrogen) atoms. The summed E-state index contributed by atoms with van der Waals surface area (Å²) in [6.07, 6.45) is 5.50. The minimum atomic E-state index is 0.263. The van der Waals surface area contributed by atoms with E-state index in [0.29, 0.717) is 16.6 Å². The van der Waals surface area contributed by atoms with E-state index in [1.807, 2.05) is 24.3 Å². The topological polar surface area (TPSA) is 44.0 Å². The number of likely N-dealkylation sites (tertiary alicyclic amines) is 1. The third-order valence-corrected chi connectivity index (χ3v) is 5.38. The van der Waals surface area contributed by atoms with Gasteiger partial charge in [0.1, 0.15) is 6.07 Å². The highest BCUT2D eigenvalue weighted by Crippen LogP contribution is 2.33. The standard InChI is InChI=1S/C20H24N4S/c1-15-9-10-19(18-8-5-12-23(18)2)24(13-11-15)20(25)22-17-7-4-3-6-16(17)14-21/h3-8,12,15,19H,9-11,13H2,1-2H3,(H,22,25)/t15-,19+/m1/s1. The Kier molecular flexibility index (Phi) is 5.40. The van der Waals surface area contributed by atoms with Gasteiger partial charge in [0, 0.05) is 25.5 Å². The van der Waals surface area contributed by atoms with Gasteiger partial charge in [-0.15, -0.1) is 0 Å². The summed E-state index contributed by atoms with van der Waals surface area (Å²) in [7, 11) is 2.09. The fraction of sp³-hybridized carbons (Fsp3) is 0.400. The van der Waals surface area contributed by atoms with Gasteiger partial charge < -0.3 is 14.8 Å². The lowest BCUT2D eigenvalue weighted by atomic mass is 10.0. The van der Waals surface area contributed by atoms with Crippen LogP contribution >= 0.6 is 12.2 Å². The second-order valence-corrected chi connectivity index (χ2v) is 7.20. The van der Waals surface area contributed by atoms with E-state index >= 15 is 0 Å². The average molecular weight is 353 g/mol. The molecule has 2 heterocycles. The molecule has 0 bridgehead atoms. The SMILES string of the molecule is C[C@@H]1CC[C@@H](c2cccn2C)N(C(=S)Nc2ccccc2C#N)CC1. The van der Waals surface area contributed by atoms with E-state index in [-0.39, 0.29) is 6.04 Å². The molecule has 1 saturated heterocycles. The number of aromatic nitrogens is 1. The van der Waals surface area contributed by atoms with Crippen LogP contribution in [0.2, 0.25) is 0 Å². The summed E-state index contributed by atoms with van der Waals surface area (Å²) in [6.45, 7) is 3.24. The fourth-order valence-electron chi connectivity index (χ4n) is 3.51. The highest BCUT2D eigenvalue weighted by molar-refractivity contribution is 7.80. The van der Waals surface area contributed by atoms with Crippen LogP contribution in [0, 0.1) is 17.2 Å². The third-order valence-electron chi connectivity index (χ3n) is 5.05. The zero-order valence-corrected chi connectivity index (χ0v) is 15.6. The van der Waals surface area contributed by atoms with Gasteiger partial charge in [0.2, 0.25) is 0 Å². The van der Waals surface area contributed by atoms with Crippen LogP contribution in [0.25, 0.3) is 0 Å². The largest absolute Gasteiger partial charge is 0.353 e. The number of hydrogen-bond donors (Lipinski definition) is 1. The second-order valence-electron chi connectivity index (χ2n) is 6.81. The van der Waals surface area contributed by atoms with Crippen molar-refractivity contribution in [2.24, 2.45) is 13.0 Å². The summed E-state index contributed by atoms with van der Waals surface area (Å²) in [5.41, 5.74) is 2.67. The number of para-hydroxylation sites is 1. The van der Waals surface area contributed by atoms with Crippen LogP contribution in [0.5, 0.6) is 0 Å². The molecule has 1 aromatic heterocycles. The summed E-state index contributed by atoms with van der Waals surface area (Å²) >= 11 is 5.75. The predicted molar refractivity (Wildman–Crippen MR) is 105 cm³/mol. The molecule has 0 saturated carbocycles. The highest BCUT2D eigenvalue weighted by Gasteiger charge is 2.28. The number of aryl methyl sites for hydroxylation is 1. The highest BCUT2D eigenvalue weighted by atomic mass is 32.1. The summed E-state index contributed by atoms with van der Waals surface area (Å²) in [5, 5.41) is 13.3. The third kappa shape index (κ3) is 3.85. The Hall–Kier alpha value is -2.32. The van der Waals surface area contributed by atoms with Crippen molar-refractivity contribution < 1.29 is 0 Å². The van der Waals surface area contributed by atoms with E-state index in [0.717, 1.165) is 25.1 Å². The number of nitrogens with one attached hydrogen (secondary N) is 1. The van der Waals surface area contributed by atoms with Gasteiger partial charge >= 0.3 is 0 Å². The molecule has 2 atom stereocenters. The second kappa shape index (κ2) is 7.71. The number of anilines is 1. The van der Waals surface area contributed by atoms with Crippen molar-refractivity contribution in [1.82, 2.24) is 9.47 Å². The Bertz CT molecular complexity index is 789. The minimum absolute atomic E-state index is 0.263. The first-order valence-electron chi connectivity index (χ1n) is 8.78. The smallest absolute Gasteiger partial charge is 0.174 e. The van der Waals surface area contributed by atoms with Gasteiger partial charge in [0.25, 0.3) is 0 Å². The van der Waals surface area contributed by atoms with Gasteiger partial charge in [0.05, 0.1) is 17.3 Å². The first-order chi connectivity index (χ1) is 12.1. The summed E-state index contributed by atoms with van der Waals surface area (Å²) in [6, 6.07) is 14.3. The van der Waals surface area contributed by atoms with E-state index in [4.69, 9.17) is 12.2 Å². The molecule has 1 aliphatic heterocycles. The fourth-order valence-corrected chi connectivity index (χ4v) is 3.83. The Morgan fingerprint density at radius 1 is 1.20 bits per heavy atom. The average Bonchev–Trinajstić information content (AvgIpc) is 2.93. The van der Waals surface area contributed by atoms with Crippen molar-refractivity contribution in [3.8, 4) is 6.07 Å². The molecular weight excluding hydrogens is 328 g/mol. The summed E-state index contributed by atoms with van der Waals surface area (Å²) < 4.78 is 2.18. The molecule has 0 spiro atoms. The van der Waals surface area contributed by atoms with E-state index < -0.39 is 0 Å². The Labute approximate surface area is 155 Å². The molecule has 5 heteroatoms. The molecule has 0 radical (unpaired) electrons. The van der Waals surface area contributed by atoms with Crippen molar-refractivity contribution in [3.05, 3.63) is 53.9 Å². The molecule has 1 aliphatic rings. The summed E-state index contributed by atoms with van der Waals surface area (Å²) in [4.78, 5) is 2.29. The summed E-state index contributed by atoms with van der Waals surface area (Å²) in [5.74, 6) is 0.696. The lowest BCUT2D eigenvalue weighted by Crippen LogP contribution is -2.38. The van der Waals surface area contributed by atoms with Gasteiger partial charge in [-0.1, -0.05) is 19.1 Å². The zero-order chi connectivity index (χ0) is 17.8. The van der Waals surface area contributed by atoms with Crippen LogP contribution in [0.1, 0.15) is 43.5 Å². The van der Waals surface area contributed by atoms with Gasteiger partial charge in [-0.2, -0.15) is 5.26 Å². The number of nitriles is 1.